The summed E-state index contributed by atoms with van der Waals surface area (Å²) in [4.78, 5) is 0. The highest BCUT2D eigenvalue weighted by Gasteiger charge is 2.38. The molecule has 1 aliphatic carbocycles. The molecule has 0 bridgehead atoms. The Morgan fingerprint density at radius 1 is 1.21 bits per heavy atom. The molecule has 108 valence electrons. The van der Waals surface area contributed by atoms with Crippen molar-refractivity contribution in [2.24, 2.45) is 10.8 Å². The predicted molar refractivity (Wildman–Crippen MR) is 81.4 cm³/mol. The van der Waals surface area contributed by atoms with Gasteiger partial charge in [-0.25, -0.2) is 0 Å². The lowest BCUT2D eigenvalue weighted by Crippen LogP contribution is -2.40. The van der Waals surface area contributed by atoms with E-state index in [4.69, 9.17) is 0 Å². The lowest BCUT2D eigenvalue weighted by molar-refractivity contribution is 0.105. The van der Waals surface area contributed by atoms with Gasteiger partial charge in [-0.2, -0.15) is 5.10 Å². The van der Waals surface area contributed by atoms with Crippen LogP contribution in [0.3, 0.4) is 0 Å². The molecule has 1 aliphatic rings. The van der Waals surface area contributed by atoms with E-state index in [1.807, 2.05) is 10.9 Å². The lowest BCUT2D eigenvalue weighted by Gasteiger charge is -2.45. The van der Waals surface area contributed by atoms with Crippen LogP contribution in [-0.4, -0.2) is 15.8 Å². The van der Waals surface area contributed by atoms with Crippen LogP contribution in [0.2, 0.25) is 0 Å². The summed E-state index contributed by atoms with van der Waals surface area (Å²) >= 11 is 0. The van der Waals surface area contributed by atoms with Gasteiger partial charge >= 0.3 is 0 Å². The molecule has 0 saturated heterocycles. The van der Waals surface area contributed by atoms with E-state index in [0.717, 1.165) is 5.69 Å². The Hall–Kier alpha value is -0.990. The van der Waals surface area contributed by atoms with Gasteiger partial charge in [0.2, 0.25) is 0 Å². The van der Waals surface area contributed by atoms with Crippen molar-refractivity contribution in [1.82, 2.24) is 9.78 Å². The molecule has 1 saturated carbocycles. The van der Waals surface area contributed by atoms with E-state index in [0.29, 0.717) is 22.9 Å². The summed E-state index contributed by atoms with van der Waals surface area (Å²) in [5, 5.41) is 8.09. The third kappa shape index (κ3) is 3.74. The molecular formula is C16H29N3. The number of hydrogen-bond donors (Lipinski definition) is 1. The minimum Gasteiger partial charge on any atom is -0.380 e. The summed E-state index contributed by atoms with van der Waals surface area (Å²) in [7, 11) is 0. The molecule has 0 amide bonds. The van der Waals surface area contributed by atoms with Crippen LogP contribution < -0.4 is 5.32 Å². The molecule has 0 aliphatic heterocycles. The number of rotatable bonds is 3. The third-order valence-corrected chi connectivity index (χ3v) is 4.06. The van der Waals surface area contributed by atoms with Crippen molar-refractivity contribution < 1.29 is 0 Å². The van der Waals surface area contributed by atoms with Crippen molar-refractivity contribution in [3.63, 3.8) is 0 Å². The summed E-state index contributed by atoms with van der Waals surface area (Å²) in [6.45, 7) is 13.9. The molecule has 0 unspecified atom stereocenters. The largest absolute Gasteiger partial charge is 0.380 e. The molecule has 2 rings (SSSR count). The fraction of sp³-hybridized carbons (Fsp3) is 0.812. The van der Waals surface area contributed by atoms with Gasteiger partial charge in [0.25, 0.3) is 0 Å². The molecule has 1 heterocycles. The van der Waals surface area contributed by atoms with Crippen molar-refractivity contribution in [2.75, 3.05) is 5.32 Å². The first kappa shape index (κ1) is 14.4. The van der Waals surface area contributed by atoms with Crippen molar-refractivity contribution in [3.8, 4) is 0 Å². The summed E-state index contributed by atoms with van der Waals surface area (Å²) in [6.07, 6.45) is 7.86. The standard InChI is InChI=1S/C16H29N3/c1-12(2)19-10-14(9-17-19)18-13-7-15(3,4)11-16(5,6)8-13/h9-10,12-13,18H,7-8,11H2,1-6H3. The number of nitrogens with zero attached hydrogens (tertiary/aromatic N) is 2. The molecule has 3 nitrogen and oxygen atoms in total. The Kier molecular flexibility index (Phi) is 3.67. The Morgan fingerprint density at radius 3 is 2.26 bits per heavy atom. The smallest absolute Gasteiger partial charge is 0.0728 e. The Morgan fingerprint density at radius 2 is 1.79 bits per heavy atom. The quantitative estimate of drug-likeness (QED) is 0.871. The zero-order valence-corrected chi connectivity index (χ0v) is 13.3. The van der Waals surface area contributed by atoms with Crippen molar-refractivity contribution >= 4 is 5.69 Å². The molecule has 1 aromatic rings. The summed E-state index contributed by atoms with van der Waals surface area (Å²) in [5.41, 5.74) is 2.01. The second-order valence-electron chi connectivity index (χ2n) is 8.06. The highest BCUT2D eigenvalue weighted by Crippen LogP contribution is 2.46. The highest BCUT2D eigenvalue weighted by molar-refractivity contribution is 5.39. The van der Waals surface area contributed by atoms with Gasteiger partial charge in [0.15, 0.2) is 0 Å². The first-order valence-corrected chi connectivity index (χ1v) is 7.48. The summed E-state index contributed by atoms with van der Waals surface area (Å²) in [5.74, 6) is 0. The first-order valence-electron chi connectivity index (χ1n) is 7.48. The van der Waals surface area contributed by atoms with Crippen molar-refractivity contribution in [2.45, 2.75) is 72.9 Å². The van der Waals surface area contributed by atoms with Gasteiger partial charge in [-0.3, -0.25) is 4.68 Å². The topological polar surface area (TPSA) is 29.9 Å². The maximum Gasteiger partial charge on any atom is 0.0728 e. The average molecular weight is 263 g/mol. The Bertz CT molecular complexity index is 413. The van der Waals surface area contributed by atoms with Crippen LogP contribution >= 0.6 is 0 Å². The van der Waals surface area contributed by atoms with E-state index >= 15 is 0 Å². The minimum absolute atomic E-state index is 0.424. The maximum atomic E-state index is 4.41. The fourth-order valence-electron chi connectivity index (χ4n) is 3.88. The summed E-state index contributed by atoms with van der Waals surface area (Å²) < 4.78 is 2.02. The van der Waals surface area contributed by atoms with Crippen molar-refractivity contribution in [3.05, 3.63) is 12.4 Å². The van der Waals surface area contributed by atoms with Gasteiger partial charge in [-0.1, -0.05) is 27.7 Å². The average Bonchev–Trinajstić information content (AvgIpc) is 2.60. The zero-order valence-electron chi connectivity index (χ0n) is 13.3. The van der Waals surface area contributed by atoms with Gasteiger partial charge in [-0.05, 0) is 43.9 Å². The monoisotopic (exact) mass is 263 g/mol. The number of hydrogen-bond acceptors (Lipinski definition) is 2. The van der Waals surface area contributed by atoms with Crippen LogP contribution in [0.5, 0.6) is 0 Å². The van der Waals surface area contributed by atoms with E-state index in [-0.39, 0.29) is 0 Å². The van der Waals surface area contributed by atoms with E-state index in [1.165, 1.54) is 19.3 Å². The van der Waals surface area contributed by atoms with E-state index in [2.05, 4.69) is 58.2 Å². The molecule has 19 heavy (non-hydrogen) atoms. The molecule has 1 aromatic heterocycles. The van der Waals surface area contributed by atoms with Crippen LogP contribution in [0.25, 0.3) is 0 Å². The van der Waals surface area contributed by atoms with Gasteiger partial charge in [0, 0.05) is 18.3 Å². The second-order valence-corrected chi connectivity index (χ2v) is 8.06. The van der Waals surface area contributed by atoms with Crippen LogP contribution in [0, 0.1) is 10.8 Å². The molecule has 0 atom stereocenters. The SMILES string of the molecule is CC(C)n1cc(NC2CC(C)(C)CC(C)(C)C2)cn1. The molecule has 3 heteroatoms. The highest BCUT2D eigenvalue weighted by atomic mass is 15.3. The van der Waals surface area contributed by atoms with Gasteiger partial charge in [-0.15, -0.1) is 0 Å². The minimum atomic E-state index is 0.424. The van der Waals surface area contributed by atoms with Crippen LogP contribution in [0.15, 0.2) is 12.4 Å². The van der Waals surface area contributed by atoms with Crippen LogP contribution in [-0.2, 0) is 0 Å². The number of aromatic nitrogens is 2. The molecule has 1 N–H and O–H groups in total. The Labute approximate surface area is 117 Å². The molecule has 1 fully saturated rings. The van der Waals surface area contributed by atoms with Gasteiger partial charge in [0.05, 0.1) is 11.9 Å². The predicted octanol–water partition coefficient (Wildman–Crippen LogP) is 4.48. The first-order chi connectivity index (χ1) is 8.67. The lowest BCUT2D eigenvalue weighted by atomic mass is 9.63. The summed E-state index contributed by atoms with van der Waals surface area (Å²) in [6, 6.07) is 0.985. The molecule has 0 radical (unpaired) electrons. The maximum absolute atomic E-state index is 4.41. The van der Waals surface area contributed by atoms with Crippen LogP contribution in [0.4, 0.5) is 5.69 Å². The van der Waals surface area contributed by atoms with Gasteiger partial charge < -0.3 is 5.32 Å². The number of nitrogens with one attached hydrogen (secondary N) is 1. The Balaban J connectivity index is 2.05. The van der Waals surface area contributed by atoms with Crippen molar-refractivity contribution in [1.29, 1.82) is 0 Å². The third-order valence-electron chi connectivity index (χ3n) is 4.06. The van der Waals surface area contributed by atoms with E-state index < -0.39 is 0 Å². The fourth-order valence-corrected chi connectivity index (χ4v) is 3.88. The van der Waals surface area contributed by atoms with E-state index in [9.17, 15) is 0 Å². The van der Waals surface area contributed by atoms with Gasteiger partial charge in [0.1, 0.15) is 0 Å². The normalized spacial score (nSPS) is 22.7. The second kappa shape index (κ2) is 4.84. The molecular weight excluding hydrogens is 234 g/mol. The van der Waals surface area contributed by atoms with E-state index in [1.54, 1.807) is 0 Å². The molecule has 0 aromatic carbocycles. The number of anilines is 1. The van der Waals surface area contributed by atoms with Crippen LogP contribution in [0.1, 0.15) is 66.8 Å². The zero-order chi connectivity index (χ0) is 14.3. The molecule has 0 spiro atoms.